The molecule has 2 aliphatic heterocycles. The van der Waals surface area contributed by atoms with E-state index in [0.717, 1.165) is 9.21 Å². The molecule has 0 radical (unpaired) electrons. The number of sulfonamides is 1. The SMILES string of the molecule is COc1ccc(S(=O)(=O)N(CCN2CCOCC2)C2CC(=O)N(c3ccc(Cl)cc3)C2=O)cc1. The second-order valence-electron chi connectivity index (χ2n) is 8.01. The van der Waals surface area contributed by atoms with Crippen LogP contribution in [0.5, 0.6) is 5.75 Å². The van der Waals surface area contributed by atoms with Gasteiger partial charge >= 0.3 is 0 Å². The summed E-state index contributed by atoms with van der Waals surface area (Å²) in [4.78, 5) is 29.4. The van der Waals surface area contributed by atoms with Gasteiger partial charge in [0.25, 0.3) is 5.91 Å². The first kappa shape index (κ1) is 24.6. The van der Waals surface area contributed by atoms with Gasteiger partial charge in [-0.05, 0) is 48.5 Å². The molecule has 2 fully saturated rings. The first-order valence-electron chi connectivity index (χ1n) is 10.9. The Morgan fingerprint density at radius 3 is 2.32 bits per heavy atom. The lowest BCUT2D eigenvalue weighted by Gasteiger charge is -2.31. The van der Waals surface area contributed by atoms with Crippen molar-refractivity contribution in [1.82, 2.24) is 9.21 Å². The van der Waals surface area contributed by atoms with Crippen LogP contribution < -0.4 is 9.64 Å². The molecule has 2 heterocycles. The van der Waals surface area contributed by atoms with E-state index in [1.807, 2.05) is 0 Å². The van der Waals surface area contributed by atoms with Gasteiger partial charge in [0, 0.05) is 31.2 Å². The second kappa shape index (κ2) is 10.4. The fourth-order valence-corrected chi connectivity index (χ4v) is 5.79. The van der Waals surface area contributed by atoms with Crippen LogP contribution in [0.25, 0.3) is 0 Å². The van der Waals surface area contributed by atoms with Crippen LogP contribution in [0, 0.1) is 0 Å². The van der Waals surface area contributed by atoms with E-state index < -0.39 is 27.9 Å². The Hall–Kier alpha value is -2.50. The number of morpholine rings is 1. The molecule has 0 spiro atoms. The Morgan fingerprint density at radius 2 is 1.71 bits per heavy atom. The number of halogens is 1. The van der Waals surface area contributed by atoms with Gasteiger partial charge in [0.2, 0.25) is 15.9 Å². The smallest absolute Gasteiger partial charge is 0.252 e. The summed E-state index contributed by atoms with van der Waals surface area (Å²) in [5, 5.41) is 0.466. The lowest BCUT2D eigenvalue weighted by atomic mass is 10.2. The molecular formula is C23H26ClN3O6S. The minimum atomic E-state index is -4.08. The molecule has 1 atom stereocenters. The number of amides is 2. The maximum atomic E-state index is 13.7. The molecule has 0 saturated carbocycles. The van der Waals surface area contributed by atoms with E-state index >= 15 is 0 Å². The van der Waals surface area contributed by atoms with E-state index in [2.05, 4.69) is 4.90 Å². The predicted molar refractivity (Wildman–Crippen MR) is 126 cm³/mol. The third kappa shape index (κ3) is 5.11. The van der Waals surface area contributed by atoms with E-state index in [4.69, 9.17) is 21.1 Å². The van der Waals surface area contributed by atoms with Crippen LogP contribution in [0.4, 0.5) is 5.69 Å². The van der Waals surface area contributed by atoms with Gasteiger partial charge in [0.1, 0.15) is 11.8 Å². The van der Waals surface area contributed by atoms with Crippen LogP contribution in [-0.4, -0.2) is 82.0 Å². The maximum absolute atomic E-state index is 13.7. The molecule has 2 aliphatic rings. The number of carbonyl (C=O) groups excluding carboxylic acids is 2. The quantitative estimate of drug-likeness (QED) is 0.504. The molecular weight excluding hydrogens is 482 g/mol. The number of imide groups is 1. The third-order valence-electron chi connectivity index (χ3n) is 5.96. The van der Waals surface area contributed by atoms with Crippen LogP contribution >= 0.6 is 11.6 Å². The van der Waals surface area contributed by atoms with Gasteiger partial charge in [-0.2, -0.15) is 4.31 Å². The van der Waals surface area contributed by atoms with Crippen molar-refractivity contribution in [2.45, 2.75) is 17.4 Å². The summed E-state index contributed by atoms with van der Waals surface area (Å²) in [6.07, 6.45) is -0.236. The molecule has 2 aromatic rings. The van der Waals surface area contributed by atoms with Crippen molar-refractivity contribution < 1.29 is 27.5 Å². The molecule has 2 aromatic carbocycles. The van der Waals surface area contributed by atoms with Crippen LogP contribution in [0.15, 0.2) is 53.4 Å². The number of rotatable bonds is 8. The summed E-state index contributed by atoms with van der Waals surface area (Å²) in [5.74, 6) is -0.523. The normalized spacial score (nSPS) is 19.7. The monoisotopic (exact) mass is 507 g/mol. The topological polar surface area (TPSA) is 96.5 Å². The van der Waals surface area contributed by atoms with Crippen LogP contribution in [0.1, 0.15) is 6.42 Å². The minimum absolute atomic E-state index is 0.0282. The molecule has 0 aromatic heterocycles. The van der Waals surface area contributed by atoms with Crippen LogP contribution in [0.3, 0.4) is 0 Å². The van der Waals surface area contributed by atoms with Gasteiger partial charge in [-0.3, -0.25) is 14.5 Å². The van der Waals surface area contributed by atoms with Crippen LogP contribution in [0.2, 0.25) is 5.02 Å². The molecule has 11 heteroatoms. The Bertz CT molecular complexity index is 1130. The molecule has 0 N–H and O–H groups in total. The summed E-state index contributed by atoms with van der Waals surface area (Å²) in [6, 6.07) is 11.1. The molecule has 2 saturated heterocycles. The van der Waals surface area contributed by atoms with Gasteiger partial charge in [-0.15, -0.1) is 0 Å². The number of anilines is 1. The van der Waals surface area contributed by atoms with Crippen molar-refractivity contribution >= 4 is 39.1 Å². The van der Waals surface area contributed by atoms with Crippen molar-refractivity contribution in [3.63, 3.8) is 0 Å². The zero-order valence-electron chi connectivity index (χ0n) is 18.7. The van der Waals surface area contributed by atoms with Gasteiger partial charge in [-0.1, -0.05) is 11.6 Å². The zero-order valence-corrected chi connectivity index (χ0v) is 20.3. The lowest BCUT2D eigenvalue weighted by molar-refractivity contribution is -0.122. The van der Waals surface area contributed by atoms with E-state index in [1.165, 1.54) is 19.2 Å². The summed E-state index contributed by atoms with van der Waals surface area (Å²) >= 11 is 5.94. The highest BCUT2D eigenvalue weighted by molar-refractivity contribution is 7.89. The van der Waals surface area contributed by atoms with E-state index in [0.29, 0.717) is 49.3 Å². The number of carbonyl (C=O) groups is 2. The van der Waals surface area contributed by atoms with Crippen molar-refractivity contribution in [2.75, 3.05) is 51.4 Å². The molecule has 4 rings (SSSR count). The average molecular weight is 508 g/mol. The molecule has 0 aliphatic carbocycles. The first-order valence-corrected chi connectivity index (χ1v) is 12.7. The van der Waals surface area contributed by atoms with E-state index in [-0.39, 0.29) is 17.9 Å². The largest absolute Gasteiger partial charge is 0.497 e. The third-order valence-corrected chi connectivity index (χ3v) is 8.14. The fourth-order valence-electron chi connectivity index (χ4n) is 4.09. The Morgan fingerprint density at radius 1 is 1.06 bits per heavy atom. The number of nitrogens with zero attached hydrogens (tertiary/aromatic N) is 3. The summed E-state index contributed by atoms with van der Waals surface area (Å²) in [5.41, 5.74) is 0.358. The summed E-state index contributed by atoms with van der Waals surface area (Å²) < 4.78 is 39.0. The standard InChI is InChI=1S/C23H26ClN3O6S/c1-32-19-6-8-20(9-7-19)34(30,31)26(11-10-25-12-14-33-15-13-25)21-16-22(28)27(23(21)29)18-4-2-17(24)3-5-18/h2-9,21H,10-16H2,1H3. The fraction of sp³-hybridized carbons (Fsp3) is 0.391. The zero-order chi connectivity index (χ0) is 24.3. The molecule has 34 heavy (non-hydrogen) atoms. The first-order chi connectivity index (χ1) is 16.3. The lowest BCUT2D eigenvalue weighted by Crippen LogP contribution is -2.49. The van der Waals surface area contributed by atoms with Gasteiger partial charge in [0.05, 0.1) is 37.3 Å². The van der Waals surface area contributed by atoms with Crippen LogP contribution in [-0.2, 0) is 24.3 Å². The van der Waals surface area contributed by atoms with Crippen molar-refractivity contribution in [3.8, 4) is 5.75 Å². The van der Waals surface area contributed by atoms with Gasteiger partial charge in [-0.25, -0.2) is 13.3 Å². The Kier molecular flexibility index (Phi) is 7.54. The van der Waals surface area contributed by atoms with Gasteiger partial charge in [0.15, 0.2) is 0 Å². The molecule has 1 unspecified atom stereocenters. The highest BCUT2D eigenvalue weighted by Crippen LogP contribution is 2.30. The summed E-state index contributed by atoms with van der Waals surface area (Å²) in [7, 11) is -2.59. The Balaban J connectivity index is 1.64. The van der Waals surface area contributed by atoms with Crippen molar-refractivity contribution in [3.05, 3.63) is 53.6 Å². The molecule has 9 nitrogen and oxygen atoms in total. The van der Waals surface area contributed by atoms with Gasteiger partial charge < -0.3 is 9.47 Å². The average Bonchev–Trinajstić information content (AvgIpc) is 3.13. The number of ether oxygens (including phenoxy) is 2. The number of benzene rings is 2. The van der Waals surface area contributed by atoms with Crippen molar-refractivity contribution in [2.24, 2.45) is 0 Å². The van der Waals surface area contributed by atoms with Crippen molar-refractivity contribution in [1.29, 1.82) is 0 Å². The molecule has 0 bridgehead atoms. The minimum Gasteiger partial charge on any atom is -0.497 e. The maximum Gasteiger partial charge on any atom is 0.252 e. The Labute approximate surface area is 203 Å². The molecule has 2 amide bonds. The summed E-state index contributed by atoms with van der Waals surface area (Å²) in [6.45, 7) is 2.95. The molecule has 182 valence electrons. The highest BCUT2D eigenvalue weighted by Gasteiger charge is 2.47. The van der Waals surface area contributed by atoms with E-state index in [1.54, 1.807) is 36.4 Å². The predicted octanol–water partition coefficient (Wildman–Crippen LogP) is 2.00. The number of hydrogen-bond donors (Lipinski definition) is 0. The van der Waals surface area contributed by atoms with E-state index in [9.17, 15) is 18.0 Å². The second-order valence-corrected chi connectivity index (χ2v) is 10.3. The number of hydrogen-bond acceptors (Lipinski definition) is 7. The highest BCUT2D eigenvalue weighted by atomic mass is 35.5. The number of methoxy groups -OCH3 is 1.